The van der Waals surface area contributed by atoms with Crippen LogP contribution in [0.3, 0.4) is 0 Å². The number of carbonyl (C=O) groups excluding carboxylic acids is 1. The normalized spacial score (nSPS) is 10.5. The average molecular weight is 269 g/mol. The Hall–Kier alpha value is -1.59. The highest BCUT2D eigenvalue weighted by Gasteiger charge is 2.19. The van der Waals surface area contributed by atoms with Crippen molar-refractivity contribution in [3.63, 3.8) is 0 Å². The lowest BCUT2D eigenvalue weighted by Crippen LogP contribution is -2.12. The predicted octanol–water partition coefficient (Wildman–Crippen LogP) is 2.58. The number of thiazole rings is 1. The van der Waals surface area contributed by atoms with Crippen LogP contribution in [0.1, 0.15) is 15.9 Å². The van der Waals surface area contributed by atoms with Crippen molar-refractivity contribution in [2.45, 2.75) is 6.92 Å². The quantitative estimate of drug-likeness (QED) is 0.879. The number of hydrogen-bond acceptors (Lipinski definition) is 4. The number of primary amides is 1. The number of nitrogens with two attached hydrogens (primary N) is 1. The molecule has 0 saturated heterocycles. The third kappa shape index (κ3) is 1.99. The summed E-state index contributed by atoms with van der Waals surface area (Å²) in [6.45, 7) is 1.67. The van der Waals surface area contributed by atoms with Gasteiger partial charge in [0.05, 0.1) is 10.6 Å². The maximum atomic E-state index is 11.1. The lowest BCUT2D eigenvalue weighted by molar-refractivity contribution is 0.0997. The molecule has 1 heterocycles. The summed E-state index contributed by atoms with van der Waals surface area (Å²) in [4.78, 5) is 15.2. The van der Waals surface area contributed by atoms with E-state index >= 15 is 0 Å². The molecule has 2 rings (SSSR count). The van der Waals surface area contributed by atoms with Crippen LogP contribution in [0.2, 0.25) is 5.02 Å². The zero-order chi connectivity index (χ0) is 12.6. The first-order valence-electron chi connectivity index (χ1n) is 4.74. The molecular weight excluding hydrogens is 260 g/mol. The third-order valence-electron chi connectivity index (χ3n) is 2.41. The second-order valence-electron chi connectivity index (χ2n) is 3.46. The summed E-state index contributed by atoms with van der Waals surface area (Å²) in [5.41, 5.74) is 6.30. The van der Waals surface area contributed by atoms with Gasteiger partial charge < -0.3 is 10.8 Å². The van der Waals surface area contributed by atoms with E-state index in [1.54, 1.807) is 13.1 Å². The summed E-state index contributed by atoms with van der Waals surface area (Å²) in [5, 5.41) is 12.7. The van der Waals surface area contributed by atoms with E-state index in [4.69, 9.17) is 17.3 Å². The van der Waals surface area contributed by atoms with Gasteiger partial charge in [0.15, 0.2) is 0 Å². The van der Waals surface area contributed by atoms with E-state index in [9.17, 15) is 9.90 Å². The van der Waals surface area contributed by atoms with E-state index in [1.165, 1.54) is 17.4 Å². The van der Waals surface area contributed by atoms with Gasteiger partial charge in [-0.25, -0.2) is 4.98 Å². The minimum Gasteiger partial charge on any atom is -0.507 e. The first-order valence-corrected chi connectivity index (χ1v) is 6.00. The van der Waals surface area contributed by atoms with Crippen molar-refractivity contribution in [1.29, 1.82) is 0 Å². The molecule has 17 heavy (non-hydrogen) atoms. The van der Waals surface area contributed by atoms with Crippen molar-refractivity contribution in [3.8, 4) is 16.3 Å². The van der Waals surface area contributed by atoms with Gasteiger partial charge in [0.25, 0.3) is 5.91 Å². The number of hydrogen-bond donors (Lipinski definition) is 2. The highest BCUT2D eigenvalue weighted by Crippen LogP contribution is 2.38. The number of amides is 1. The molecule has 1 aromatic heterocycles. The van der Waals surface area contributed by atoms with Gasteiger partial charge in [0, 0.05) is 22.7 Å². The minimum atomic E-state index is -0.710. The van der Waals surface area contributed by atoms with Crippen molar-refractivity contribution in [1.82, 2.24) is 4.98 Å². The highest BCUT2D eigenvalue weighted by molar-refractivity contribution is 7.13. The fraction of sp³-hybridized carbons (Fsp3) is 0.0909. The number of phenols is 1. The Morgan fingerprint density at radius 3 is 2.82 bits per heavy atom. The molecule has 4 nitrogen and oxygen atoms in total. The molecule has 0 aliphatic rings. The monoisotopic (exact) mass is 268 g/mol. The molecule has 0 aliphatic heterocycles. The molecule has 88 valence electrons. The summed E-state index contributed by atoms with van der Waals surface area (Å²) >= 11 is 7.49. The Labute approximate surface area is 107 Å². The van der Waals surface area contributed by atoms with Crippen molar-refractivity contribution in [2.24, 2.45) is 5.73 Å². The number of carbonyl (C=O) groups is 1. The lowest BCUT2D eigenvalue weighted by Gasteiger charge is -2.10. The summed E-state index contributed by atoms with van der Waals surface area (Å²) in [5.74, 6) is -0.856. The van der Waals surface area contributed by atoms with E-state index in [2.05, 4.69) is 4.98 Å². The summed E-state index contributed by atoms with van der Waals surface area (Å²) in [6.07, 6.45) is 1.65. The van der Waals surface area contributed by atoms with Gasteiger partial charge in [-0.3, -0.25) is 4.79 Å². The van der Waals surface area contributed by atoms with Crippen molar-refractivity contribution in [3.05, 3.63) is 33.8 Å². The molecule has 0 bridgehead atoms. The number of halogens is 1. The van der Waals surface area contributed by atoms with Crippen molar-refractivity contribution >= 4 is 28.8 Å². The van der Waals surface area contributed by atoms with Gasteiger partial charge in [-0.2, -0.15) is 0 Å². The standard InChI is InChI=1S/C11H9ClN2O2S/c1-5-8(11-14-2-3-17-11)7(12)4-6(9(5)15)10(13)16/h2-4,15H,1H3,(H2,13,16). The second kappa shape index (κ2) is 4.35. The molecule has 1 amide bonds. The SMILES string of the molecule is Cc1c(O)c(C(N)=O)cc(Cl)c1-c1nccs1. The minimum absolute atomic E-state index is 0.0211. The van der Waals surface area contributed by atoms with Crippen molar-refractivity contribution < 1.29 is 9.90 Å². The van der Waals surface area contributed by atoms with Crippen LogP contribution >= 0.6 is 22.9 Å². The van der Waals surface area contributed by atoms with Gasteiger partial charge in [-0.05, 0) is 13.0 Å². The van der Waals surface area contributed by atoms with E-state index in [1.807, 2.05) is 5.38 Å². The molecule has 0 atom stereocenters. The number of rotatable bonds is 2. The summed E-state index contributed by atoms with van der Waals surface area (Å²) in [7, 11) is 0. The lowest BCUT2D eigenvalue weighted by atomic mass is 10.0. The van der Waals surface area contributed by atoms with Crippen LogP contribution in [0, 0.1) is 6.92 Å². The van der Waals surface area contributed by atoms with Gasteiger partial charge in [-0.15, -0.1) is 11.3 Å². The highest BCUT2D eigenvalue weighted by atomic mass is 35.5. The molecule has 3 N–H and O–H groups in total. The molecule has 0 spiro atoms. The smallest absolute Gasteiger partial charge is 0.252 e. The van der Waals surface area contributed by atoms with Gasteiger partial charge in [0.1, 0.15) is 10.8 Å². The fourth-order valence-corrected chi connectivity index (χ4v) is 2.71. The topological polar surface area (TPSA) is 76.2 Å². The number of benzene rings is 1. The Balaban J connectivity index is 2.72. The number of nitrogens with zero attached hydrogens (tertiary/aromatic N) is 1. The van der Waals surface area contributed by atoms with Crippen LogP contribution in [-0.4, -0.2) is 16.0 Å². The zero-order valence-corrected chi connectivity index (χ0v) is 10.5. The Bertz CT molecular complexity index is 582. The van der Waals surface area contributed by atoms with Crippen LogP contribution in [0.25, 0.3) is 10.6 Å². The van der Waals surface area contributed by atoms with E-state index in [0.29, 0.717) is 21.2 Å². The van der Waals surface area contributed by atoms with Gasteiger partial charge >= 0.3 is 0 Å². The van der Waals surface area contributed by atoms with E-state index in [-0.39, 0.29) is 11.3 Å². The van der Waals surface area contributed by atoms with Crippen LogP contribution in [0.5, 0.6) is 5.75 Å². The summed E-state index contributed by atoms with van der Waals surface area (Å²) < 4.78 is 0. The number of aromatic hydroxyl groups is 1. The van der Waals surface area contributed by atoms with Crippen LogP contribution < -0.4 is 5.73 Å². The fourth-order valence-electron chi connectivity index (χ4n) is 1.56. The summed E-state index contributed by atoms with van der Waals surface area (Å²) in [6, 6.07) is 1.36. The maximum absolute atomic E-state index is 11.1. The molecule has 0 unspecified atom stereocenters. The van der Waals surface area contributed by atoms with Crippen LogP contribution in [0.15, 0.2) is 17.6 Å². The molecule has 0 radical (unpaired) electrons. The maximum Gasteiger partial charge on any atom is 0.252 e. The first kappa shape index (κ1) is 11.9. The first-order chi connectivity index (χ1) is 8.02. The Morgan fingerprint density at radius 2 is 2.29 bits per heavy atom. The Kier molecular flexibility index (Phi) is 3.04. The van der Waals surface area contributed by atoms with Gasteiger partial charge in [-0.1, -0.05) is 11.6 Å². The predicted molar refractivity (Wildman–Crippen MR) is 67.5 cm³/mol. The van der Waals surface area contributed by atoms with Gasteiger partial charge in [0.2, 0.25) is 0 Å². The van der Waals surface area contributed by atoms with E-state index in [0.717, 1.165) is 0 Å². The molecule has 2 aromatic rings. The third-order valence-corrected chi connectivity index (χ3v) is 3.50. The number of aromatic nitrogens is 1. The Morgan fingerprint density at radius 1 is 1.59 bits per heavy atom. The van der Waals surface area contributed by atoms with Crippen LogP contribution in [0.4, 0.5) is 0 Å². The van der Waals surface area contributed by atoms with Crippen molar-refractivity contribution in [2.75, 3.05) is 0 Å². The second-order valence-corrected chi connectivity index (χ2v) is 4.76. The zero-order valence-electron chi connectivity index (χ0n) is 8.90. The molecule has 6 heteroatoms. The average Bonchev–Trinajstić information content (AvgIpc) is 2.76. The molecular formula is C11H9ClN2O2S. The molecule has 0 saturated carbocycles. The van der Waals surface area contributed by atoms with Crippen LogP contribution in [-0.2, 0) is 0 Å². The van der Waals surface area contributed by atoms with E-state index < -0.39 is 5.91 Å². The molecule has 0 fully saturated rings. The molecule has 1 aromatic carbocycles. The largest absolute Gasteiger partial charge is 0.507 e. The molecule has 0 aliphatic carbocycles.